The summed E-state index contributed by atoms with van der Waals surface area (Å²) in [7, 11) is 1.69. The lowest BCUT2D eigenvalue weighted by Gasteiger charge is -2.39. The van der Waals surface area contributed by atoms with Crippen molar-refractivity contribution in [3.63, 3.8) is 0 Å². The van der Waals surface area contributed by atoms with Crippen molar-refractivity contribution in [2.75, 3.05) is 17.3 Å². The van der Waals surface area contributed by atoms with Crippen LogP contribution in [0, 0.1) is 5.92 Å². The average Bonchev–Trinajstić information content (AvgIpc) is 2.87. The molecule has 20 heavy (non-hydrogen) atoms. The number of carbonyl (C=O) groups is 1. The molecule has 2 heterocycles. The standard InChI is InChI=1S/C16H20N2O2/c1-20-11-6-7-12-14(9-11)18-13-5-3-2-4-10(13)8-15(18)16(19)17-12/h6-7,9-10,13,15H,2-5,8H2,1H3,(H,17,19). The monoisotopic (exact) mass is 272 g/mol. The molecular weight excluding hydrogens is 252 g/mol. The highest BCUT2D eigenvalue weighted by Gasteiger charge is 2.47. The molecule has 2 fully saturated rings. The quantitative estimate of drug-likeness (QED) is 0.854. The molecule has 3 aliphatic rings. The number of amides is 1. The third-order valence-corrected chi connectivity index (χ3v) is 5.13. The molecule has 0 bridgehead atoms. The van der Waals surface area contributed by atoms with Crippen molar-refractivity contribution in [1.82, 2.24) is 0 Å². The molecule has 0 spiro atoms. The van der Waals surface area contributed by atoms with Gasteiger partial charge in [0.15, 0.2) is 0 Å². The van der Waals surface area contributed by atoms with Crippen molar-refractivity contribution in [2.45, 2.75) is 44.2 Å². The number of rotatable bonds is 1. The normalized spacial score (nSPS) is 31.1. The van der Waals surface area contributed by atoms with Crippen LogP contribution in [0.1, 0.15) is 32.1 Å². The Kier molecular flexibility index (Phi) is 2.65. The van der Waals surface area contributed by atoms with E-state index in [2.05, 4.69) is 16.3 Å². The maximum atomic E-state index is 12.4. The Bertz CT molecular complexity index is 557. The Hall–Kier alpha value is -1.71. The van der Waals surface area contributed by atoms with E-state index in [1.807, 2.05) is 12.1 Å². The summed E-state index contributed by atoms with van der Waals surface area (Å²) < 4.78 is 5.35. The fourth-order valence-corrected chi connectivity index (χ4v) is 4.21. The average molecular weight is 272 g/mol. The highest BCUT2D eigenvalue weighted by atomic mass is 16.5. The van der Waals surface area contributed by atoms with Crippen LogP contribution in [0.4, 0.5) is 11.4 Å². The summed E-state index contributed by atoms with van der Waals surface area (Å²) in [6.07, 6.45) is 6.09. The molecule has 1 amide bonds. The van der Waals surface area contributed by atoms with Crippen LogP contribution in [0.15, 0.2) is 18.2 Å². The number of nitrogens with zero attached hydrogens (tertiary/aromatic N) is 1. The van der Waals surface area contributed by atoms with Gasteiger partial charge in [0, 0.05) is 12.1 Å². The first kappa shape index (κ1) is 12.1. The third-order valence-electron chi connectivity index (χ3n) is 5.13. The molecule has 2 aliphatic heterocycles. The Balaban J connectivity index is 1.79. The van der Waals surface area contributed by atoms with Crippen molar-refractivity contribution in [3.8, 4) is 5.75 Å². The number of hydrogen-bond acceptors (Lipinski definition) is 3. The fraction of sp³-hybridized carbons (Fsp3) is 0.562. The molecule has 0 aromatic heterocycles. The second-order valence-corrected chi connectivity index (χ2v) is 6.14. The molecule has 4 heteroatoms. The summed E-state index contributed by atoms with van der Waals surface area (Å²) in [6.45, 7) is 0. The van der Waals surface area contributed by atoms with Crippen LogP contribution in [0.5, 0.6) is 5.75 Å². The Morgan fingerprint density at radius 2 is 2.15 bits per heavy atom. The molecule has 1 aliphatic carbocycles. The number of methoxy groups -OCH3 is 1. The number of nitrogens with one attached hydrogen (secondary N) is 1. The van der Waals surface area contributed by atoms with Crippen molar-refractivity contribution in [1.29, 1.82) is 0 Å². The Morgan fingerprint density at radius 3 is 3.00 bits per heavy atom. The van der Waals surface area contributed by atoms with Crippen molar-refractivity contribution in [3.05, 3.63) is 18.2 Å². The third kappa shape index (κ3) is 1.63. The largest absolute Gasteiger partial charge is 0.497 e. The maximum Gasteiger partial charge on any atom is 0.247 e. The van der Waals surface area contributed by atoms with Gasteiger partial charge in [0.25, 0.3) is 0 Å². The molecule has 3 atom stereocenters. The van der Waals surface area contributed by atoms with E-state index in [4.69, 9.17) is 4.74 Å². The van der Waals surface area contributed by atoms with Crippen LogP contribution in [-0.4, -0.2) is 25.1 Å². The smallest absolute Gasteiger partial charge is 0.247 e. The van der Waals surface area contributed by atoms with Crippen LogP contribution < -0.4 is 15.0 Å². The van der Waals surface area contributed by atoms with Gasteiger partial charge in [-0.1, -0.05) is 12.8 Å². The van der Waals surface area contributed by atoms with Crippen molar-refractivity contribution < 1.29 is 9.53 Å². The lowest BCUT2D eigenvalue weighted by atomic mass is 9.84. The van der Waals surface area contributed by atoms with Gasteiger partial charge >= 0.3 is 0 Å². The van der Waals surface area contributed by atoms with Gasteiger partial charge in [0.05, 0.1) is 18.5 Å². The van der Waals surface area contributed by atoms with Crippen LogP contribution in [0.25, 0.3) is 0 Å². The van der Waals surface area contributed by atoms with Crippen LogP contribution >= 0.6 is 0 Å². The first-order chi connectivity index (χ1) is 9.78. The summed E-state index contributed by atoms with van der Waals surface area (Å²) in [5.74, 6) is 1.70. The summed E-state index contributed by atoms with van der Waals surface area (Å²) >= 11 is 0. The number of carbonyl (C=O) groups excluding carboxylic acids is 1. The second kappa shape index (κ2) is 4.40. The molecule has 3 unspecified atom stereocenters. The predicted octanol–water partition coefficient (Wildman–Crippen LogP) is 2.78. The summed E-state index contributed by atoms with van der Waals surface area (Å²) in [6, 6.07) is 6.48. The van der Waals surface area contributed by atoms with E-state index >= 15 is 0 Å². The van der Waals surface area contributed by atoms with Crippen molar-refractivity contribution in [2.24, 2.45) is 5.92 Å². The minimum absolute atomic E-state index is 0.0164. The summed E-state index contributed by atoms with van der Waals surface area (Å²) in [5, 5.41) is 3.06. The fourth-order valence-electron chi connectivity index (χ4n) is 4.21. The lowest BCUT2D eigenvalue weighted by molar-refractivity contribution is -0.117. The molecule has 0 radical (unpaired) electrons. The summed E-state index contributed by atoms with van der Waals surface area (Å²) in [5.41, 5.74) is 2.07. The van der Waals surface area contributed by atoms with Crippen LogP contribution in [-0.2, 0) is 4.79 Å². The van der Waals surface area contributed by atoms with E-state index in [0.717, 1.165) is 23.5 Å². The molecule has 106 valence electrons. The first-order valence-electron chi connectivity index (χ1n) is 7.55. The van der Waals surface area contributed by atoms with Gasteiger partial charge in [0.2, 0.25) is 5.91 Å². The van der Waals surface area contributed by atoms with Crippen LogP contribution in [0.3, 0.4) is 0 Å². The lowest BCUT2D eigenvalue weighted by Crippen LogP contribution is -2.48. The van der Waals surface area contributed by atoms with E-state index in [-0.39, 0.29) is 11.9 Å². The molecular formula is C16H20N2O2. The van der Waals surface area contributed by atoms with Gasteiger partial charge in [-0.3, -0.25) is 4.79 Å². The number of fused-ring (bicyclic) bond motifs is 5. The zero-order valence-corrected chi connectivity index (χ0v) is 11.8. The van der Waals surface area contributed by atoms with E-state index in [1.54, 1.807) is 7.11 Å². The molecule has 1 saturated carbocycles. The minimum atomic E-state index is 0.0164. The number of ether oxygens (including phenoxy) is 1. The Morgan fingerprint density at radius 1 is 1.30 bits per heavy atom. The number of anilines is 2. The summed E-state index contributed by atoms with van der Waals surface area (Å²) in [4.78, 5) is 14.7. The van der Waals surface area contributed by atoms with Crippen molar-refractivity contribution >= 4 is 17.3 Å². The molecule has 1 aromatic carbocycles. The second-order valence-electron chi connectivity index (χ2n) is 6.14. The van der Waals surface area contributed by atoms with E-state index in [0.29, 0.717) is 12.0 Å². The molecule has 4 rings (SSSR count). The van der Waals surface area contributed by atoms with Gasteiger partial charge in [0.1, 0.15) is 11.8 Å². The minimum Gasteiger partial charge on any atom is -0.497 e. The SMILES string of the molecule is COc1ccc2c(c1)N1C(CC3CCCCC31)C(=O)N2. The highest BCUT2D eigenvalue weighted by molar-refractivity contribution is 6.04. The maximum absolute atomic E-state index is 12.4. The van der Waals surface area contributed by atoms with Gasteiger partial charge in [-0.25, -0.2) is 0 Å². The molecule has 1 N–H and O–H groups in total. The first-order valence-corrected chi connectivity index (χ1v) is 7.55. The van der Waals surface area contributed by atoms with Gasteiger partial charge in [-0.05, 0) is 37.3 Å². The molecule has 4 nitrogen and oxygen atoms in total. The van der Waals surface area contributed by atoms with Gasteiger partial charge in [-0.15, -0.1) is 0 Å². The number of hydrogen-bond donors (Lipinski definition) is 1. The zero-order valence-electron chi connectivity index (χ0n) is 11.8. The Labute approximate surface area is 119 Å². The topological polar surface area (TPSA) is 41.6 Å². The highest BCUT2D eigenvalue weighted by Crippen LogP contribution is 2.47. The van der Waals surface area contributed by atoms with E-state index in [9.17, 15) is 4.79 Å². The predicted molar refractivity (Wildman–Crippen MR) is 78.3 cm³/mol. The van der Waals surface area contributed by atoms with Gasteiger partial charge < -0.3 is 15.0 Å². The van der Waals surface area contributed by atoms with E-state index in [1.165, 1.54) is 25.7 Å². The number of benzene rings is 1. The molecule has 1 aromatic rings. The molecule has 1 saturated heterocycles. The zero-order chi connectivity index (χ0) is 13.7. The van der Waals surface area contributed by atoms with Gasteiger partial charge in [-0.2, -0.15) is 0 Å². The van der Waals surface area contributed by atoms with Crippen LogP contribution in [0.2, 0.25) is 0 Å². The van der Waals surface area contributed by atoms with E-state index < -0.39 is 0 Å².